The van der Waals surface area contributed by atoms with Gasteiger partial charge in [-0.1, -0.05) is 6.07 Å². The minimum absolute atomic E-state index is 0.0326. The summed E-state index contributed by atoms with van der Waals surface area (Å²) in [5.41, 5.74) is 3.46. The maximum atomic E-state index is 12.5. The number of nitrogens with zero attached hydrogens (tertiary/aromatic N) is 3. The number of carbonyl (C=O) groups is 1. The zero-order valence-corrected chi connectivity index (χ0v) is 15.7. The molecule has 9 heteroatoms. The molecular formula is C19H20F2N4O3. The second-order valence-electron chi connectivity index (χ2n) is 6.18. The van der Waals surface area contributed by atoms with Gasteiger partial charge < -0.3 is 14.8 Å². The van der Waals surface area contributed by atoms with Crippen LogP contribution in [0.5, 0.6) is 11.5 Å². The van der Waals surface area contributed by atoms with Crippen molar-refractivity contribution in [3.8, 4) is 11.5 Å². The third-order valence-corrected chi connectivity index (χ3v) is 4.23. The fourth-order valence-corrected chi connectivity index (χ4v) is 2.86. The molecule has 2 heterocycles. The third-order valence-electron chi connectivity index (χ3n) is 4.23. The predicted molar refractivity (Wildman–Crippen MR) is 98.1 cm³/mol. The summed E-state index contributed by atoms with van der Waals surface area (Å²) in [5, 5.41) is 7.16. The van der Waals surface area contributed by atoms with Gasteiger partial charge in [0.2, 0.25) is 0 Å². The van der Waals surface area contributed by atoms with Crippen LogP contribution in [-0.2, 0) is 6.42 Å². The molecule has 0 spiro atoms. The number of ether oxygens (including phenoxy) is 2. The lowest BCUT2D eigenvalue weighted by atomic mass is 10.1. The fraction of sp³-hybridized carbons (Fsp3) is 0.316. The number of alkyl halides is 2. The molecule has 0 saturated heterocycles. The molecule has 0 bridgehead atoms. The number of hydrogen-bond donors (Lipinski definition) is 1. The van der Waals surface area contributed by atoms with Crippen molar-refractivity contribution in [1.82, 2.24) is 19.9 Å². The molecule has 28 heavy (non-hydrogen) atoms. The maximum absolute atomic E-state index is 12.5. The number of aromatic nitrogens is 3. The molecule has 1 N–H and O–H groups in total. The van der Waals surface area contributed by atoms with Crippen molar-refractivity contribution >= 4 is 11.6 Å². The van der Waals surface area contributed by atoms with Crippen molar-refractivity contribution in [3.05, 3.63) is 53.0 Å². The molecule has 0 atom stereocenters. The van der Waals surface area contributed by atoms with Crippen LogP contribution in [0.2, 0.25) is 0 Å². The number of amides is 1. The van der Waals surface area contributed by atoms with Gasteiger partial charge in [0.1, 0.15) is 0 Å². The van der Waals surface area contributed by atoms with Crippen LogP contribution in [0.1, 0.15) is 27.3 Å². The number of rotatable bonds is 7. The van der Waals surface area contributed by atoms with E-state index in [-0.39, 0.29) is 17.4 Å². The molecule has 3 aromatic rings. The van der Waals surface area contributed by atoms with E-state index in [9.17, 15) is 13.6 Å². The van der Waals surface area contributed by atoms with Crippen molar-refractivity contribution in [3.63, 3.8) is 0 Å². The van der Waals surface area contributed by atoms with Crippen LogP contribution in [0.15, 0.2) is 30.5 Å². The predicted octanol–water partition coefficient (Wildman–Crippen LogP) is 2.93. The number of methoxy groups -OCH3 is 1. The molecule has 3 rings (SSSR count). The number of halogens is 2. The molecule has 7 nitrogen and oxygen atoms in total. The number of carbonyl (C=O) groups excluding carboxylic acids is 1. The van der Waals surface area contributed by atoms with Gasteiger partial charge in [0, 0.05) is 18.8 Å². The molecule has 0 aliphatic rings. The smallest absolute Gasteiger partial charge is 0.387 e. The van der Waals surface area contributed by atoms with E-state index < -0.39 is 6.61 Å². The lowest BCUT2D eigenvalue weighted by Gasteiger charge is -2.12. The van der Waals surface area contributed by atoms with Crippen LogP contribution in [0.25, 0.3) is 5.65 Å². The van der Waals surface area contributed by atoms with Gasteiger partial charge in [0.05, 0.1) is 24.1 Å². The first-order valence-corrected chi connectivity index (χ1v) is 8.61. The topological polar surface area (TPSA) is 77.8 Å². The summed E-state index contributed by atoms with van der Waals surface area (Å²) in [5.74, 6) is -0.0804. The highest BCUT2D eigenvalue weighted by molar-refractivity contribution is 5.95. The SMILES string of the molecule is COc1cc(CCNC(=O)c2cnc3cc(C)nn3c2C)ccc1OC(F)F. The van der Waals surface area contributed by atoms with E-state index in [0.29, 0.717) is 29.9 Å². The zero-order chi connectivity index (χ0) is 20.3. The molecule has 0 unspecified atom stereocenters. The van der Waals surface area contributed by atoms with Crippen molar-refractivity contribution in [2.75, 3.05) is 13.7 Å². The highest BCUT2D eigenvalue weighted by Gasteiger charge is 2.14. The molecule has 1 aromatic carbocycles. The highest BCUT2D eigenvalue weighted by Crippen LogP contribution is 2.29. The Morgan fingerprint density at radius 3 is 2.75 bits per heavy atom. The van der Waals surface area contributed by atoms with Crippen LogP contribution in [-0.4, -0.2) is 40.8 Å². The van der Waals surface area contributed by atoms with Gasteiger partial charge in [-0.05, 0) is 38.0 Å². The molecule has 2 aromatic heterocycles. The van der Waals surface area contributed by atoms with Gasteiger partial charge in [0.25, 0.3) is 5.91 Å². The second-order valence-corrected chi connectivity index (χ2v) is 6.18. The van der Waals surface area contributed by atoms with Crippen LogP contribution in [0, 0.1) is 13.8 Å². The van der Waals surface area contributed by atoms with Gasteiger partial charge in [-0.3, -0.25) is 4.79 Å². The Morgan fingerprint density at radius 1 is 1.25 bits per heavy atom. The van der Waals surface area contributed by atoms with Crippen LogP contribution in [0.3, 0.4) is 0 Å². The quantitative estimate of drug-likeness (QED) is 0.671. The Bertz CT molecular complexity index is 1000. The van der Waals surface area contributed by atoms with Gasteiger partial charge in [0.15, 0.2) is 17.1 Å². The fourth-order valence-electron chi connectivity index (χ4n) is 2.86. The Labute approximate surface area is 160 Å². The van der Waals surface area contributed by atoms with E-state index in [4.69, 9.17) is 4.74 Å². The van der Waals surface area contributed by atoms with Crippen molar-refractivity contribution in [2.45, 2.75) is 26.9 Å². The average molecular weight is 390 g/mol. The largest absolute Gasteiger partial charge is 0.493 e. The van der Waals surface area contributed by atoms with Gasteiger partial charge in [-0.25, -0.2) is 9.50 Å². The number of hydrogen-bond acceptors (Lipinski definition) is 5. The molecule has 148 valence electrons. The van der Waals surface area contributed by atoms with Gasteiger partial charge >= 0.3 is 6.61 Å². The molecule has 0 fully saturated rings. The number of benzene rings is 1. The lowest BCUT2D eigenvalue weighted by Crippen LogP contribution is -2.27. The summed E-state index contributed by atoms with van der Waals surface area (Å²) in [6.07, 6.45) is 2.02. The zero-order valence-electron chi connectivity index (χ0n) is 15.7. The van der Waals surface area contributed by atoms with Crippen LogP contribution < -0.4 is 14.8 Å². The van der Waals surface area contributed by atoms with Gasteiger partial charge in [-0.2, -0.15) is 13.9 Å². The standard InChI is InChI=1S/C19H20F2N4O3/c1-11-8-17-23-10-14(12(2)25(17)24-11)18(26)22-7-6-13-4-5-15(28-19(20)21)16(9-13)27-3/h4-5,8-10,19H,6-7H2,1-3H3,(H,22,26). The van der Waals surface area contributed by atoms with Gasteiger partial charge in [-0.15, -0.1) is 0 Å². The number of fused-ring (bicyclic) bond motifs is 1. The maximum Gasteiger partial charge on any atom is 0.387 e. The molecular weight excluding hydrogens is 370 g/mol. The monoisotopic (exact) mass is 390 g/mol. The molecule has 1 amide bonds. The Hall–Kier alpha value is -3.23. The van der Waals surface area contributed by atoms with Crippen molar-refractivity contribution < 1.29 is 23.0 Å². The third kappa shape index (κ3) is 4.19. The van der Waals surface area contributed by atoms with E-state index in [1.54, 1.807) is 16.6 Å². The van der Waals surface area contributed by atoms with Crippen LogP contribution >= 0.6 is 0 Å². The van der Waals surface area contributed by atoms with E-state index >= 15 is 0 Å². The van der Waals surface area contributed by atoms with E-state index in [1.165, 1.54) is 19.4 Å². The number of nitrogens with one attached hydrogen (secondary N) is 1. The summed E-state index contributed by atoms with van der Waals surface area (Å²) >= 11 is 0. The molecule has 0 radical (unpaired) electrons. The molecule has 0 aliphatic heterocycles. The van der Waals surface area contributed by atoms with Crippen molar-refractivity contribution in [1.29, 1.82) is 0 Å². The summed E-state index contributed by atoms with van der Waals surface area (Å²) in [4.78, 5) is 16.7. The lowest BCUT2D eigenvalue weighted by molar-refractivity contribution is -0.0512. The van der Waals surface area contributed by atoms with E-state index in [1.807, 2.05) is 19.9 Å². The summed E-state index contributed by atoms with van der Waals surface area (Å²) < 4.78 is 35.9. The Balaban J connectivity index is 1.65. The summed E-state index contributed by atoms with van der Waals surface area (Å²) in [6, 6.07) is 6.51. The first kappa shape index (κ1) is 19.5. The Kier molecular flexibility index (Phi) is 5.72. The minimum atomic E-state index is -2.92. The second kappa shape index (κ2) is 8.20. The summed E-state index contributed by atoms with van der Waals surface area (Å²) in [6.45, 7) is 1.10. The first-order valence-electron chi connectivity index (χ1n) is 8.61. The minimum Gasteiger partial charge on any atom is -0.493 e. The van der Waals surface area contributed by atoms with E-state index in [2.05, 4.69) is 20.1 Å². The van der Waals surface area contributed by atoms with E-state index in [0.717, 1.165) is 11.3 Å². The summed E-state index contributed by atoms with van der Waals surface area (Å²) in [7, 11) is 1.38. The molecule has 0 saturated carbocycles. The average Bonchev–Trinajstić information content (AvgIpc) is 3.04. The normalized spacial score (nSPS) is 11.1. The molecule has 0 aliphatic carbocycles. The highest BCUT2D eigenvalue weighted by atomic mass is 19.3. The number of aryl methyl sites for hydroxylation is 2. The Morgan fingerprint density at radius 2 is 2.04 bits per heavy atom. The van der Waals surface area contributed by atoms with Crippen LogP contribution in [0.4, 0.5) is 8.78 Å². The van der Waals surface area contributed by atoms with Crippen molar-refractivity contribution in [2.24, 2.45) is 0 Å². The first-order chi connectivity index (χ1) is 13.4.